The standard InChI is InChI=1S/C28H31BrClN3O5S/c1-4-31-28(35)20(3)32(18-21-8-6-7-9-26(21)30)27(34)19-33(23-12-14-24(15-13-23)38-5-2)39(36,37)25-16-10-22(29)11-17-25/h6-17,20H,4-5,18-19H2,1-3H3,(H,31,35). The molecule has 0 aromatic heterocycles. The van der Waals surface area contributed by atoms with E-state index in [1.807, 2.05) is 6.92 Å². The van der Waals surface area contributed by atoms with Gasteiger partial charge in [0.05, 0.1) is 17.2 Å². The highest BCUT2D eigenvalue weighted by molar-refractivity contribution is 9.10. The van der Waals surface area contributed by atoms with Gasteiger partial charge in [0.15, 0.2) is 0 Å². The number of anilines is 1. The predicted molar refractivity (Wildman–Crippen MR) is 156 cm³/mol. The molecule has 1 atom stereocenters. The van der Waals surface area contributed by atoms with E-state index in [0.29, 0.717) is 34.0 Å². The van der Waals surface area contributed by atoms with Crippen molar-refractivity contribution in [3.05, 3.63) is 87.9 Å². The third-order valence-electron chi connectivity index (χ3n) is 5.93. The first-order valence-electron chi connectivity index (χ1n) is 12.4. The molecule has 0 saturated carbocycles. The zero-order chi connectivity index (χ0) is 28.6. The molecule has 2 amide bonds. The van der Waals surface area contributed by atoms with E-state index in [1.54, 1.807) is 74.5 Å². The van der Waals surface area contributed by atoms with Crippen LogP contribution in [0.25, 0.3) is 0 Å². The molecule has 8 nitrogen and oxygen atoms in total. The Labute approximate surface area is 243 Å². The number of nitrogens with zero attached hydrogens (tertiary/aromatic N) is 2. The number of likely N-dealkylation sites (N-methyl/N-ethyl adjacent to an activating group) is 1. The monoisotopic (exact) mass is 635 g/mol. The zero-order valence-corrected chi connectivity index (χ0v) is 25.1. The molecule has 0 aliphatic carbocycles. The van der Waals surface area contributed by atoms with Crippen LogP contribution in [-0.4, -0.2) is 50.9 Å². The molecule has 208 valence electrons. The van der Waals surface area contributed by atoms with Gasteiger partial charge in [-0.15, -0.1) is 0 Å². The van der Waals surface area contributed by atoms with Crippen LogP contribution in [0.2, 0.25) is 5.02 Å². The lowest BCUT2D eigenvalue weighted by Gasteiger charge is -2.32. The van der Waals surface area contributed by atoms with Crippen LogP contribution in [0.4, 0.5) is 5.69 Å². The first-order valence-corrected chi connectivity index (χ1v) is 15.0. The lowest BCUT2D eigenvalue weighted by molar-refractivity contribution is -0.139. The topological polar surface area (TPSA) is 96.0 Å². The molecule has 3 aromatic rings. The van der Waals surface area contributed by atoms with Gasteiger partial charge in [-0.2, -0.15) is 0 Å². The van der Waals surface area contributed by atoms with E-state index < -0.39 is 28.5 Å². The number of hydrogen-bond acceptors (Lipinski definition) is 5. The second-order valence-corrected chi connectivity index (χ2v) is 11.8. The molecule has 0 spiro atoms. The highest BCUT2D eigenvalue weighted by Gasteiger charge is 2.32. The van der Waals surface area contributed by atoms with Gasteiger partial charge >= 0.3 is 0 Å². The summed E-state index contributed by atoms with van der Waals surface area (Å²) < 4.78 is 34.9. The first kappa shape index (κ1) is 30.5. The van der Waals surface area contributed by atoms with Gasteiger partial charge in [0.25, 0.3) is 10.0 Å². The Morgan fingerprint density at radius 1 is 1.00 bits per heavy atom. The molecule has 0 radical (unpaired) electrons. The molecule has 1 N–H and O–H groups in total. The van der Waals surface area contributed by atoms with E-state index in [0.717, 1.165) is 4.31 Å². The lowest BCUT2D eigenvalue weighted by Crippen LogP contribution is -2.51. The summed E-state index contributed by atoms with van der Waals surface area (Å²) >= 11 is 9.69. The number of halogens is 2. The number of carbonyl (C=O) groups is 2. The van der Waals surface area contributed by atoms with Gasteiger partial charge in [-0.3, -0.25) is 13.9 Å². The normalized spacial score (nSPS) is 11.9. The predicted octanol–water partition coefficient (Wildman–Crippen LogP) is 5.25. The second-order valence-electron chi connectivity index (χ2n) is 8.58. The number of rotatable bonds is 12. The molecule has 1 unspecified atom stereocenters. The van der Waals surface area contributed by atoms with Crippen molar-refractivity contribution in [1.82, 2.24) is 10.2 Å². The number of nitrogens with one attached hydrogen (secondary N) is 1. The maximum Gasteiger partial charge on any atom is 0.264 e. The van der Waals surface area contributed by atoms with Crippen LogP contribution >= 0.6 is 27.5 Å². The van der Waals surface area contributed by atoms with Gasteiger partial charge in [-0.1, -0.05) is 45.7 Å². The molecule has 0 fully saturated rings. The maximum atomic E-state index is 13.9. The molecule has 0 aliphatic heterocycles. The van der Waals surface area contributed by atoms with Crippen molar-refractivity contribution >= 4 is 55.1 Å². The average molecular weight is 637 g/mol. The van der Waals surface area contributed by atoms with Crippen molar-refractivity contribution in [1.29, 1.82) is 0 Å². The Balaban J connectivity index is 2.04. The summed E-state index contributed by atoms with van der Waals surface area (Å²) in [7, 11) is -4.16. The SMILES string of the molecule is CCNC(=O)C(C)N(Cc1ccccc1Cl)C(=O)CN(c1ccc(OCC)cc1)S(=O)(=O)c1ccc(Br)cc1. The van der Waals surface area contributed by atoms with Crippen molar-refractivity contribution in [2.75, 3.05) is 24.0 Å². The Bertz CT molecular complexity index is 1390. The second kappa shape index (κ2) is 13.8. The minimum Gasteiger partial charge on any atom is -0.494 e. The van der Waals surface area contributed by atoms with Crippen LogP contribution < -0.4 is 14.4 Å². The smallest absolute Gasteiger partial charge is 0.264 e. The van der Waals surface area contributed by atoms with Crippen LogP contribution in [0.15, 0.2) is 82.2 Å². The molecular formula is C28H31BrClN3O5S. The van der Waals surface area contributed by atoms with Crippen LogP contribution in [0.1, 0.15) is 26.3 Å². The van der Waals surface area contributed by atoms with Crippen molar-refractivity contribution < 1.29 is 22.7 Å². The fourth-order valence-corrected chi connectivity index (χ4v) is 5.73. The van der Waals surface area contributed by atoms with Crippen LogP contribution in [-0.2, 0) is 26.2 Å². The Kier molecular flexibility index (Phi) is 10.8. The molecule has 0 saturated heterocycles. The first-order chi connectivity index (χ1) is 18.6. The molecule has 3 rings (SSSR count). The molecular weight excluding hydrogens is 606 g/mol. The molecule has 0 heterocycles. The van der Waals surface area contributed by atoms with E-state index >= 15 is 0 Å². The third kappa shape index (κ3) is 7.74. The van der Waals surface area contributed by atoms with Gasteiger partial charge < -0.3 is 15.0 Å². The number of sulfonamides is 1. The van der Waals surface area contributed by atoms with Gasteiger partial charge in [0.1, 0.15) is 18.3 Å². The van der Waals surface area contributed by atoms with Crippen LogP contribution in [0.5, 0.6) is 5.75 Å². The minimum absolute atomic E-state index is 0.0156. The third-order valence-corrected chi connectivity index (χ3v) is 8.62. The summed E-state index contributed by atoms with van der Waals surface area (Å²) in [5.74, 6) is -0.358. The molecule has 11 heteroatoms. The fourth-order valence-electron chi connectivity index (χ4n) is 3.85. The largest absolute Gasteiger partial charge is 0.494 e. The van der Waals surface area contributed by atoms with Crippen LogP contribution in [0, 0.1) is 0 Å². The van der Waals surface area contributed by atoms with E-state index in [9.17, 15) is 18.0 Å². The maximum absolute atomic E-state index is 13.9. The summed E-state index contributed by atoms with van der Waals surface area (Å²) in [5.41, 5.74) is 0.908. The van der Waals surface area contributed by atoms with E-state index in [4.69, 9.17) is 16.3 Å². The summed E-state index contributed by atoms with van der Waals surface area (Å²) in [5, 5.41) is 3.16. The Morgan fingerprint density at radius 2 is 1.64 bits per heavy atom. The minimum atomic E-state index is -4.16. The molecule has 3 aromatic carbocycles. The van der Waals surface area contributed by atoms with Crippen molar-refractivity contribution in [2.24, 2.45) is 0 Å². The van der Waals surface area contributed by atoms with E-state index in [2.05, 4.69) is 21.2 Å². The number of carbonyl (C=O) groups excluding carboxylic acids is 2. The van der Waals surface area contributed by atoms with Gasteiger partial charge in [0.2, 0.25) is 11.8 Å². The van der Waals surface area contributed by atoms with Crippen molar-refractivity contribution in [3.63, 3.8) is 0 Å². The Morgan fingerprint density at radius 3 is 2.23 bits per heavy atom. The van der Waals surface area contributed by atoms with E-state index in [1.165, 1.54) is 17.0 Å². The quantitative estimate of drug-likeness (QED) is 0.293. The average Bonchev–Trinajstić information content (AvgIpc) is 2.92. The fraction of sp³-hybridized carbons (Fsp3) is 0.286. The molecule has 0 aliphatic rings. The number of benzene rings is 3. The number of hydrogen-bond donors (Lipinski definition) is 1. The molecule has 0 bridgehead atoms. The van der Waals surface area contributed by atoms with Gasteiger partial charge in [-0.05, 0) is 80.9 Å². The number of amides is 2. The zero-order valence-electron chi connectivity index (χ0n) is 21.9. The summed E-state index contributed by atoms with van der Waals surface area (Å²) in [6.45, 7) is 5.54. The van der Waals surface area contributed by atoms with Crippen LogP contribution in [0.3, 0.4) is 0 Å². The lowest BCUT2D eigenvalue weighted by atomic mass is 10.1. The highest BCUT2D eigenvalue weighted by Crippen LogP contribution is 2.28. The number of ether oxygens (including phenoxy) is 1. The van der Waals surface area contributed by atoms with Gasteiger partial charge in [-0.25, -0.2) is 8.42 Å². The highest BCUT2D eigenvalue weighted by atomic mass is 79.9. The molecule has 39 heavy (non-hydrogen) atoms. The van der Waals surface area contributed by atoms with Gasteiger partial charge in [0, 0.05) is 22.6 Å². The Hall–Kier alpha value is -3.08. The summed E-state index contributed by atoms with van der Waals surface area (Å²) in [6, 6.07) is 18.7. The van der Waals surface area contributed by atoms with E-state index in [-0.39, 0.29) is 23.0 Å². The summed E-state index contributed by atoms with van der Waals surface area (Å²) in [6.07, 6.45) is 0. The van der Waals surface area contributed by atoms with Crippen molar-refractivity contribution in [3.8, 4) is 5.75 Å². The summed E-state index contributed by atoms with van der Waals surface area (Å²) in [4.78, 5) is 28.0. The van der Waals surface area contributed by atoms with Crippen molar-refractivity contribution in [2.45, 2.75) is 38.3 Å².